The fraction of sp³-hybridized carbons (Fsp3) is 0.154. The lowest BCUT2D eigenvalue weighted by atomic mass is 10.2. The van der Waals surface area contributed by atoms with Gasteiger partial charge in [-0.25, -0.2) is 14.6 Å². The number of H-pyrrole nitrogens is 1. The Kier molecular flexibility index (Phi) is 4.78. The molecule has 0 atom stereocenters. The highest BCUT2D eigenvalue weighted by Gasteiger charge is 2.10. The molecule has 1 aromatic heterocycles. The maximum atomic E-state index is 11.7. The van der Waals surface area contributed by atoms with Crippen molar-refractivity contribution in [2.24, 2.45) is 0 Å². The minimum atomic E-state index is -1.15. The standard InChI is InChI=1S/C13H13ClN4O3/c14-10-2-1-8(7-9(10)12(19)20)18-13(21)17-4-3-11-15-5-6-16-11/h1-2,5-7H,3-4H2,(H,15,16)(H,19,20)(H2,17,18,21). The number of urea groups is 1. The van der Waals surface area contributed by atoms with Gasteiger partial charge in [-0.2, -0.15) is 0 Å². The number of aromatic amines is 1. The van der Waals surface area contributed by atoms with Crippen LogP contribution in [0.1, 0.15) is 16.2 Å². The van der Waals surface area contributed by atoms with E-state index in [-0.39, 0.29) is 10.6 Å². The number of carboxylic acid groups (broad SMARTS) is 1. The summed E-state index contributed by atoms with van der Waals surface area (Å²) < 4.78 is 0. The third-order valence-corrected chi connectivity index (χ3v) is 2.99. The number of hydrogen-bond donors (Lipinski definition) is 4. The second kappa shape index (κ2) is 6.76. The van der Waals surface area contributed by atoms with E-state index >= 15 is 0 Å². The van der Waals surface area contributed by atoms with Crippen LogP contribution in [0, 0.1) is 0 Å². The first kappa shape index (κ1) is 14.9. The largest absolute Gasteiger partial charge is 0.478 e. The zero-order valence-electron chi connectivity index (χ0n) is 10.9. The van der Waals surface area contributed by atoms with Crippen molar-refractivity contribution >= 4 is 29.3 Å². The first-order valence-corrected chi connectivity index (χ1v) is 6.50. The highest BCUT2D eigenvalue weighted by molar-refractivity contribution is 6.33. The predicted molar refractivity (Wildman–Crippen MR) is 77.7 cm³/mol. The maximum Gasteiger partial charge on any atom is 0.337 e. The Morgan fingerprint density at radius 3 is 2.86 bits per heavy atom. The molecule has 0 aliphatic heterocycles. The number of carbonyl (C=O) groups excluding carboxylic acids is 1. The smallest absolute Gasteiger partial charge is 0.337 e. The van der Waals surface area contributed by atoms with Crippen LogP contribution in [0.5, 0.6) is 0 Å². The Bertz CT molecular complexity index is 643. The molecule has 2 aromatic rings. The Morgan fingerprint density at radius 1 is 1.38 bits per heavy atom. The molecular formula is C13H13ClN4O3. The van der Waals surface area contributed by atoms with Crippen molar-refractivity contribution in [3.05, 3.63) is 47.0 Å². The molecule has 0 saturated carbocycles. The van der Waals surface area contributed by atoms with Crippen LogP contribution in [-0.2, 0) is 6.42 Å². The molecule has 0 bridgehead atoms. The molecule has 0 radical (unpaired) electrons. The fourth-order valence-electron chi connectivity index (χ4n) is 1.67. The molecule has 8 heteroatoms. The van der Waals surface area contributed by atoms with Gasteiger partial charge in [-0.1, -0.05) is 11.6 Å². The van der Waals surface area contributed by atoms with Crippen molar-refractivity contribution in [3.63, 3.8) is 0 Å². The van der Waals surface area contributed by atoms with Gasteiger partial charge in [-0.05, 0) is 18.2 Å². The molecule has 0 aliphatic carbocycles. The van der Waals surface area contributed by atoms with Crippen LogP contribution < -0.4 is 10.6 Å². The number of benzene rings is 1. The number of aromatic carboxylic acids is 1. The number of amides is 2. The minimum Gasteiger partial charge on any atom is -0.478 e. The zero-order chi connectivity index (χ0) is 15.2. The normalized spacial score (nSPS) is 10.1. The third kappa shape index (κ3) is 4.22. The SMILES string of the molecule is O=C(NCCc1ncc[nH]1)Nc1ccc(Cl)c(C(=O)O)c1. The molecule has 0 saturated heterocycles. The second-order valence-electron chi connectivity index (χ2n) is 4.17. The van der Waals surface area contributed by atoms with E-state index in [1.54, 1.807) is 12.4 Å². The highest BCUT2D eigenvalue weighted by atomic mass is 35.5. The molecule has 110 valence electrons. The Hall–Kier alpha value is -2.54. The molecule has 7 nitrogen and oxygen atoms in total. The summed E-state index contributed by atoms with van der Waals surface area (Å²) in [7, 11) is 0. The number of anilines is 1. The molecule has 0 unspecified atom stereocenters. The van der Waals surface area contributed by atoms with Crippen LogP contribution in [-0.4, -0.2) is 33.6 Å². The van der Waals surface area contributed by atoms with Crippen molar-refractivity contribution in [2.75, 3.05) is 11.9 Å². The molecule has 2 amide bonds. The molecule has 4 N–H and O–H groups in total. The van der Waals surface area contributed by atoms with Crippen molar-refractivity contribution < 1.29 is 14.7 Å². The highest BCUT2D eigenvalue weighted by Crippen LogP contribution is 2.20. The number of nitrogens with one attached hydrogen (secondary N) is 3. The van der Waals surface area contributed by atoms with Crippen LogP contribution in [0.2, 0.25) is 5.02 Å². The summed E-state index contributed by atoms with van der Waals surface area (Å²) in [4.78, 5) is 29.6. The number of hydrogen-bond acceptors (Lipinski definition) is 3. The van der Waals surface area contributed by atoms with Crippen molar-refractivity contribution in [3.8, 4) is 0 Å². The topological polar surface area (TPSA) is 107 Å². The Morgan fingerprint density at radius 2 is 2.19 bits per heavy atom. The van der Waals surface area contributed by atoms with E-state index in [4.69, 9.17) is 16.7 Å². The number of nitrogens with zero attached hydrogens (tertiary/aromatic N) is 1. The van der Waals surface area contributed by atoms with Gasteiger partial charge in [0.1, 0.15) is 5.82 Å². The van der Waals surface area contributed by atoms with Crippen LogP contribution in [0.4, 0.5) is 10.5 Å². The van der Waals surface area contributed by atoms with Gasteiger partial charge in [0.2, 0.25) is 0 Å². The monoisotopic (exact) mass is 308 g/mol. The van der Waals surface area contributed by atoms with Crippen LogP contribution in [0.15, 0.2) is 30.6 Å². The van der Waals surface area contributed by atoms with E-state index in [2.05, 4.69) is 20.6 Å². The lowest BCUT2D eigenvalue weighted by Gasteiger charge is -2.08. The molecule has 0 fully saturated rings. The average molecular weight is 309 g/mol. The summed E-state index contributed by atoms with van der Waals surface area (Å²) in [6.07, 6.45) is 3.91. The molecule has 1 aromatic carbocycles. The molecular weight excluding hydrogens is 296 g/mol. The number of imidazole rings is 1. The summed E-state index contributed by atoms with van der Waals surface area (Å²) in [6, 6.07) is 3.82. The lowest BCUT2D eigenvalue weighted by molar-refractivity contribution is 0.0697. The lowest BCUT2D eigenvalue weighted by Crippen LogP contribution is -2.30. The molecule has 2 rings (SSSR count). The fourth-order valence-corrected chi connectivity index (χ4v) is 1.87. The molecule has 0 aliphatic rings. The van der Waals surface area contributed by atoms with Gasteiger partial charge >= 0.3 is 12.0 Å². The van der Waals surface area contributed by atoms with E-state index in [0.29, 0.717) is 18.7 Å². The number of halogens is 1. The quantitative estimate of drug-likeness (QED) is 0.678. The van der Waals surface area contributed by atoms with Gasteiger partial charge in [-0.3, -0.25) is 0 Å². The van der Waals surface area contributed by atoms with Crippen molar-refractivity contribution in [2.45, 2.75) is 6.42 Å². The van der Waals surface area contributed by atoms with E-state index in [9.17, 15) is 9.59 Å². The van der Waals surface area contributed by atoms with Crippen molar-refractivity contribution in [1.29, 1.82) is 0 Å². The number of carbonyl (C=O) groups is 2. The van der Waals surface area contributed by atoms with Crippen LogP contribution in [0.3, 0.4) is 0 Å². The Balaban J connectivity index is 1.87. The van der Waals surface area contributed by atoms with Crippen LogP contribution >= 0.6 is 11.6 Å². The first-order valence-electron chi connectivity index (χ1n) is 6.12. The zero-order valence-corrected chi connectivity index (χ0v) is 11.6. The maximum absolute atomic E-state index is 11.7. The third-order valence-electron chi connectivity index (χ3n) is 2.66. The van der Waals surface area contributed by atoms with Gasteiger partial charge in [0, 0.05) is 31.0 Å². The van der Waals surface area contributed by atoms with Gasteiger partial charge in [0.25, 0.3) is 0 Å². The molecule has 21 heavy (non-hydrogen) atoms. The van der Waals surface area contributed by atoms with Gasteiger partial charge in [0.05, 0.1) is 10.6 Å². The predicted octanol–water partition coefficient (Wildman–Crippen LogP) is 2.13. The number of carboxylic acids is 1. The summed E-state index contributed by atoms with van der Waals surface area (Å²) in [5.41, 5.74) is 0.289. The van der Waals surface area contributed by atoms with Crippen LogP contribution in [0.25, 0.3) is 0 Å². The first-order chi connectivity index (χ1) is 10.1. The van der Waals surface area contributed by atoms with Crippen molar-refractivity contribution in [1.82, 2.24) is 15.3 Å². The number of aromatic nitrogens is 2. The summed E-state index contributed by atoms with van der Waals surface area (Å²) in [5.74, 6) is -0.378. The minimum absolute atomic E-state index is 0.0648. The van der Waals surface area contributed by atoms with Gasteiger partial charge in [-0.15, -0.1) is 0 Å². The summed E-state index contributed by atoms with van der Waals surface area (Å²) in [5, 5.41) is 14.2. The molecule has 0 spiro atoms. The summed E-state index contributed by atoms with van der Waals surface area (Å²) >= 11 is 5.75. The van der Waals surface area contributed by atoms with E-state index < -0.39 is 12.0 Å². The Labute approximate surface area is 125 Å². The van der Waals surface area contributed by atoms with Gasteiger partial charge < -0.3 is 20.7 Å². The van der Waals surface area contributed by atoms with Gasteiger partial charge in [0.15, 0.2) is 0 Å². The summed E-state index contributed by atoms with van der Waals surface area (Å²) in [6.45, 7) is 0.402. The second-order valence-corrected chi connectivity index (χ2v) is 4.57. The average Bonchev–Trinajstić information content (AvgIpc) is 2.94. The van der Waals surface area contributed by atoms with E-state index in [1.807, 2.05) is 0 Å². The molecule has 1 heterocycles. The van der Waals surface area contributed by atoms with E-state index in [1.165, 1.54) is 18.2 Å². The van der Waals surface area contributed by atoms with E-state index in [0.717, 1.165) is 5.82 Å². The number of rotatable bonds is 5.